The number of fused-ring (bicyclic) bond motifs is 2. The van der Waals surface area contributed by atoms with Crippen LogP contribution in [0.2, 0.25) is 0 Å². The van der Waals surface area contributed by atoms with Crippen molar-refractivity contribution in [2.45, 2.75) is 38.9 Å². The van der Waals surface area contributed by atoms with Gasteiger partial charge in [-0.1, -0.05) is 19.1 Å². The zero-order valence-electron chi connectivity index (χ0n) is 13.7. The molecule has 1 aromatic carbocycles. The molecule has 1 amide bonds. The average Bonchev–Trinajstić information content (AvgIpc) is 2.54. The van der Waals surface area contributed by atoms with Gasteiger partial charge in [0.25, 0.3) is 5.91 Å². The van der Waals surface area contributed by atoms with Gasteiger partial charge in [0.1, 0.15) is 0 Å². The Labute approximate surface area is 139 Å². The molecule has 1 saturated heterocycles. The standard InChI is InChI=1S/C15H20N2O.C2HF3O/c1-3-11-6-10(2)14-12(7-11)8-13-9-16-4-5-17(13)15(14)18;3-2(4,5)1-6/h6-7,13,16H,3-5,8-9H2,1-2H3;1H/t13-;/m1./s1. The minimum Gasteiger partial charge on any atom is -0.333 e. The van der Waals surface area contributed by atoms with Crippen LogP contribution in [-0.4, -0.2) is 48.9 Å². The molecule has 0 spiro atoms. The van der Waals surface area contributed by atoms with Gasteiger partial charge in [-0.15, -0.1) is 0 Å². The van der Waals surface area contributed by atoms with E-state index in [0.29, 0.717) is 6.04 Å². The Morgan fingerprint density at radius 2 is 2.04 bits per heavy atom. The molecule has 0 radical (unpaired) electrons. The van der Waals surface area contributed by atoms with Crippen molar-refractivity contribution < 1.29 is 22.8 Å². The minimum atomic E-state index is -4.64. The van der Waals surface area contributed by atoms with Gasteiger partial charge in [-0.3, -0.25) is 9.59 Å². The summed E-state index contributed by atoms with van der Waals surface area (Å²) in [5.74, 6) is 0.239. The van der Waals surface area contributed by atoms with E-state index in [0.717, 1.165) is 43.6 Å². The molecule has 1 atom stereocenters. The topological polar surface area (TPSA) is 49.4 Å². The number of carbonyl (C=O) groups is 2. The third kappa shape index (κ3) is 4.14. The minimum absolute atomic E-state index is 0.239. The first-order chi connectivity index (χ1) is 11.3. The first-order valence-electron chi connectivity index (χ1n) is 7.94. The fourth-order valence-electron chi connectivity index (χ4n) is 3.22. The molecule has 0 unspecified atom stereocenters. The largest absolute Gasteiger partial charge is 0.446 e. The summed E-state index contributed by atoms with van der Waals surface area (Å²) < 4.78 is 31.2. The molecule has 1 N–H and O–H groups in total. The van der Waals surface area contributed by atoms with E-state index < -0.39 is 12.5 Å². The number of halogens is 3. The molecular weight excluding hydrogens is 321 g/mol. The Kier molecular flexibility index (Phi) is 5.64. The van der Waals surface area contributed by atoms with E-state index in [2.05, 4.69) is 36.2 Å². The first-order valence-corrected chi connectivity index (χ1v) is 7.94. The maximum absolute atomic E-state index is 12.6. The monoisotopic (exact) mass is 342 g/mol. The van der Waals surface area contributed by atoms with Gasteiger partial charge in [0.05, 0.1) is 0 Å². The fourth-order valence-corrected chi connectivity index (χ4v) is 3.22. The van der Waals surface area contributed by atoms with E-state index in [1.807, 2.05) is 0 Å². The number of nitrogens with one attached hydrogen (secondary N) is 1. The van der Waals surface area contributed by atoms with Crippen LogP contribution in [0.25, 0.3) is 0 Å². The number of hydrogen-bond donors (Lipinski definition) is 1. The van der Waals surface area contributed by atoms with Crippen molar-refractivity contribution in [2.75, 3.05) is 19.6 Å². The maximum Gasteiger partial charge on any atom is 0.446 e. The molecule has 132 valence electrons. The molecule has 1 aromatic rings. The highest BCUT2D eigenvalue weighted by Crippen LogP contribution is 2.28. The van der Waals surface area contributed by atoms with Gasteiger partial charge in [-0.25, -0.2) is 0 Å². The van der Waals surface area contributed by atoms with Crippen LogP contribution in [0.15, 0.2) is 12.1 Å². The van der Waals surface area contributed by atoms with E-state index >= 15 is 0 Å². The van der Waals surface area contributed by atoms with Crippen molar-refractivity contribution >= 4 is 12.2 Å². The van der Waals surface area contributed by atoms with Gasteiger partial charge in [0, 0.05) is 31.2 Å². The number of amides is 1. The van der Waals surface area contributed by atoms with Crippen molar-refractivity contribution in [3.63, 3.8) is 0 Å². The number of benzene rings is 1. The second-order valence-corrected chi connectivity index (χ2v) is 6.02. The van der Waals surface area contributed by atoms with E-state index in [1.54, 1.807) is 0 Å². The molecule has 0 bridgehead atoms. The number of hydrogen-bond acceptors (Lipinski definition) is 3. The lowest BCUT2D eigenvalue weighted by Gasteiger charge is -2.41. The van der Waals surface area contributed by atoms with Crippen LogP contribution in [-0.2, 0) is 17.6 Å². The van der Waals surface area contributed by atoms with Crippen LogP contribution in [0.4, 0.5) is 13.2 Å². The molecule has 2 heterocycles. The van der Waals surface area contributed by atoms with E-state index in [4.69, 9.17) is 4.79 Å². The molecule has 2 aliphatic heterocycles. The normalized spacial score (nSPS) is 19.8. The lowest BCUT2D eigenvalue weighted by molar-refractivity contribution is -0.156. The van der Waals surface area contributed by atoms with Crippen molar-refractivity contribution in [3.05, 3.63) is 34.4 Å². The highest BCUT2D eigenvalue weighted by molar-refractivity contribution is 5.98. The summed E-state index contributed by atoms with van der Waals surface area (Å²) in [6, 6.07) is 4.75. The number of aryl methyl sites for hydroxylation is 2. The molecule has 0 aliphatic carbocycles. The number of nitrogens with zero attached hydrogens (tertiary/aromatic N) is 1. The van der Waals surface area contributed by atoms with Gasteiger partial charge in [-0.2, -0.15) is 13.2 Å². The molecular formula is C17H21F3N2O2. The Morgan fingerprint density at radius 1 is 1.38 bits per heavy atom. The molecule has 24 heavy (non-hydrogen) atoms. The predicted molar refractivity (Wildman–Crippen MR) is 84.1 cm³/mol. The number of aldehydes is 1. The van der Waals surface area contributed by atoms with Crippen molar-refractivity contribution in [1.82, 2.24) is 10.2 Å². The fraction of sp³-hybridized carbons (Fsp3) is 0.529. The maximum atomic E-state index is 12.6. The van der Waals surface area contributed by atoms with Crippen LogP contribution in [0.5, 0.6) is 0 Å². The highest BCUT2D eigenvalue weighted by atomic mass is 19.4. The lowest BCUT2D eigenvalue weighted by Crippen LogP contribution is -2.56. The van der Waals surface area contributed by atoms with E-state index in [-0.39, 0.29) is 5.91 Å². The quantitative estimate of drug-likeness (QED) is 0.797. The molecule has 0 aromatic heterocycles. The van der Waals surface area contributed by atoms with Gasteiger partial charge < -0.3 is 10.2 Å². The van der Waals surface area contributed by atoms with Crippen LogP contribution < -0.4 is 5.32 Å². The van der Waals surface area contributed by atoms with Crippen LogP contribution in [0.3, 0.4) is 0 Å². The van der Waals surface area contributed by atoms with Gasteiger partial charge in [-0.05, 0) is 36.5 Å². The Hall–Kier alpha value is -1.89. The van der Waals surface area contributed by atoms with E-state index in [9.17, 15) is 18.0 Å². The van der Waals surface area contributed by atoms with Crippen molar-refractivity contribution in [2.24, 2.45) is 0 Å². The predicted octanol–water partition coefficient (Wildman–Crippen LogP) is 2.28. The molecule has 4 nitrogen and oxygen atoms in total. The van der Waals surface area contributed by atoms with Crippen molar-refractivity contribution in [1.29, 1.82) is 0 Å². The second-order valence-electron chi connectivity index (χ2n) is 6.02. The average molecular weight is 342 g/mol. The summed E-state index contributed by atoms with van der Waals surface area (Å²) in [6.07, 6.45) is -3.66. The lowest BCUT2D eigenvalue weighted by atomic mass is 9.87. The summed E-state index contributed by atoms with van der Waals surface area (Å²) in [5.41, 5.74) is 4.70. The Balaban J connectivity index is 0.000000301. The first kappa shape index (κ1) is 18.4. The number of carbonyl (C=O) groups excluding carboxylic acids is 2. The third-order valence-corrected chi connectivity index (χ3v) is 4.30. The summed E-state index contributed by atoms with van der Waals surface area (Å²) in [7, 11) is 0. The molecule has 0 saturated carbocycles. The summed E-state index contributed by atoms with van der Waals surface area (Å²) in [6.45, 7) is 6.93. The van der Waals surface area contributed by atoms with Crippen molar-refractivity contribution in [3.8, 4) is 0 Å². The summed E-state index contributed by atoms with van der Waals surface area (Å²) >= 11 is 0. The van der Waals surface area contributed by atoms with Gasteiger partial charge in [0.15, 0.2) is 0 Å². The molecule has 3 rings (SSSR count). The molecule has 2 aliphatic rings. The highest BCUT2D eigenvalue weighted by Gasteiger charge is 2.34. The summed E-state index contributed by atoms with van der Waals surface area (Å²) in [5, 5.41) is 3.38. The zero-order chi connectivity index (χ0) is 17.9. The zero-order valence-corrected chi connectivity index (χ0v) is 13.7. The van der Waals surface area contributed by atoms with Gasteiger partial charge in [0.2, 0.25) is 6.29 Å². The smallest absolute Gasteiger partial charge is 0.333 e. The third-order valence-electron chi connectivity index (χ3n) is 4.30. The SMILES string of the molecule is CCc1cc(C)c2c(c1)C[C@@H]1CNCCN1C2=O.O=CC(F)(F)F. The summed E-state index contributed by atoms with van der Waals surface area (Å²) in [4.78, 5) is 23.3. The van der Waals surface area contributed by atoms with E-state index in [1.165, 1.54) is 11.1 Å². The number of piperazine rings is 1. The van der Waals surface area contributed by atoms with Crippen LogP contribution >= 0.6 is 0 Å². The molecule has 1 fully saturated rings. The Morgan fingerprint density at radius 3 is 2.62 bits per heavy atom. The van der Waals surface area contributed by atoms with Gasteiger partial charge >= 0.3 is 6.18 Å². The number of rotatable bonds is 1. The Bertz CT molecular complexity index is 629. The van der Waals surface area contributed by atoms with Crippen LogP contribution in [0, 0.1) is 6.92 Å². The second kappa shape index (κ2) is 7.34. The number of alkyl halides is 3. The molecule has 7 heteroatoms. The van der Waals surface area contributed by atoms with Crippen LogP contribution in [0.1, 0.15) is 34.0 Å².